The van der Waals surface area contributed by atoms with Crippen LogP contribution in [0.1, 0.15) is 28.4 Å². The second-order valence-corrected chi connectivity index (χ2v) is 5.94. The molecule has 0 radical (unpaired) electrons. The van der Waals surface area contributed by atoms with E-state index in [9.17, 15) is 9.59 Å². The summed E-state index contributed by atoms with van der Waals surface area (Å²) in [5.74, 6) is -0.486. The minimum Gasteiger partial charge on any atom is -0.422 e. The molecule has 0 N–H and O–H groups in total. The van der Waals surface area contributed by atoms with Crippen molar-refractivity contribution in [3.63, 3.8) is 0 Å². The van der Waals surface area contributed by atoms with Crippen LogP contribution in [0.2, 0.25) is 0 Å². The van der Waals surface area contributed by atoms with Crippen LogP contribution in [0.4, 0.5) is 5.69 Å². The molecule has 0 aliphatic heterocycles. The zero-order valence-electron chi connectivity index (χ0n) is 14.4. The summed E-state index contributed by atoms with van der Waals surface area (Å²) in [6.07, 6.45) is 0. The number of rotatable bonds is 5. The van der Waals surface area contributed by atoms with E-state index in [-0.39, 0.29) is 17.1 Å². The molecule has 0 saturated heterocycles. The fourth-order valence-corrected chi connectivity index (χ4v) is 2.16. The van der Waals surface area contributed by atoms with Gasteiger partial charge in [0.25, 0.3) is 0 Å². The Balaban J connectivity index is 2.39. The summed E-state index contributed by atoms with van der Waals surface area (Å²) in [5.41, 5.74) is 3.11. The van der Waals surface area contributed by atoms with Gasteiger partial charge in [-0.2, -0.15) is 0 Å². The number of aryl methyl sites for hydroxylation is 1. The Hall–Kier alpha value is -2.88. The molecule has 0 heterocycles. The number of hydrogen-bond donors (Lipinski definition) is 0. The molecule has 0 aromatic heterocycles. The minimum atomic E-state index is -0.546. The van der Waals surface area contributed by atoms with Crippen molar-refractivity contribution in [3.05, 3.63) is 71.3 Å². The predicted octanol–water partition coefficient (Wildman–Crippen LogP) is 3.77. The number of carbonyl (C=O) groups excluding carboxylic acids is 2. The molecule has 0 amide bonds. The standard InChI is InChI=1S/C20H21NO3/c1-13(2)20(23)24-18-11-6-14(3)12-17(18)19(22)15-7-9-16(10-8-15)21(4)5/h6-12H,1H2,2-5H3. The van der Waals surface area contributed by atoms with E-state index in [0.717, 1.165) is 11.3 Å². The molecule has 124 valence electrons. The molecule has 0 unspecified atom stereocenters. The fourth-order valence-electron chi connectivity index (χ4n) is 2.16. The van der Waals surface area contributed by atoms with Crippen molar-refractivity contribution in [1.82, 2.24) is 0 Å². The third-order valence-electron chi connectivity index (χ3n) is 3.58. The number of hydrogen-bond acceptors (Lipinski definition) is 4. The lowest BCUT2D eigenvalue weighted by atomic mass is 10.00. The Bertz CT molecular complexity index is 789. The van der Waals surface area contributed by atoms with Crippen molar-refractivity contribution >= 4 is 17.4 Å². The third kappa shape index (κ3) is 3.90. The first kappa shape index (κ1) is 17.5. The average molecular weight is 323 g/mol. The first-order chi connectivity index (χ1) is 11.3. The van der Waals surface area contributed by atoms with Crippen LogP contribution in [0.15, 0.2) is 54.6 Å². The lowest BCUT2D eigenvalue weighted by Gasteiger charge is -2.13. The van der Waals surface area contributed by atoms with Crippen molar-refractivity contribution in [2.45, 2.75) is 13.8 Å². The molecule has 0 fully saturated rings. The number of esters is 1. The lowest BCUT2D eigenvalue weighted by Crippen LogP contribution is -2.13. The van der Waals surface area contributed by atoms with Crippen molar-refractivity contribution in [3.8, 4) is 5.75 Å². The topological polar surface area (TPSA) is 46.6 Å². The molecule has 4 nitrogen and oxygen atoms in total. The molecule has 2 aromatic carbocycles. The van der Waals surface area contributed by atoms with Crippen LogP contribution < -0.4 is 9.64 Å². The molecule has 0 spiro atoms. The van der Waals surface area contributed by atoms with E-state index in [1.165, 1.54) is 0 Å². The fraction of sp³-hybridized carbons (Fsp3) is 0.200. The van der Waals surface area contributed by atoms with Gasteiger partial charge in [-0.15, -0.1) is 0 Å². The molecular weight excluding hydrogens is 302 g/mol. The second kappa shape index (κ2) is 7.13. The Labute approximate surface area is 142 Å². The highest BCUT2D eigenvalue weighted by atomic mass is 16.5. The van der Waals surface area contributed by atoms with Crippen LogP contribution >= 0.6 is 0 Å². The normalized spacial score (nSPS) is 10.2. The van der Waals surface area contributed by atoms with Crippen molar-refractivity contribution in [2.24, 2.45) is 0 Å². The summed E-state index contributed by atoms with van der Waals surface area (Å²) in [6, 6.07) is 12.5. The van der Waals surface area contributed by atoms with E-state index in [1.54, 1.807) is 37.3 Å². The molecule has 24 heavy (non-hydrogen) atoms. The van der Waals surface area contributed by atoms with E-state index < -0.39 is 5.97 Å². The Morgan fingerprint density at radius 1 is 1.04 bits per heavy atom. The molecule has 2 aromatic rings. The van der Waals surface area contributed by atoms with Crippen molar-refractivity contribution < 1.29 is 14.3 Å². The third-order valence-corrected chi connectivity index (χ3v) is 3.58. The number of carbonyl (C=O) groups is 2. The highest BCUT2D eigenvalue weighted by Crippen LogP contribution is 2.25. The van der Waals surface area contributed by atoms with E-state index in [0.29, 0.717) is 11.1 Å². The first-order valence-electron chi connectivity index (χ1n) is 7.60. The maximum absolute atomic E-state index is 12.8. The summed E-state index contributed by atoms with van der Waals surface area (Å²) in [4.78, 5) is 26.6. The van der Waals surface area contributed by atoms with Gasteiger partial charge < -0.3 is 9.64 Å². The van der Waals surface area contributed by atoms with Crippen LogP contribution in [0.25, 0.3) is 0 Å². The zero-order valence-corrected chi connectivity index (χ0v) is 14.4. The quantitative estimate of drug-likeness (QED) is 0.364. The summed E-state index contributed by atoms with van der Waals surface area (Å²) in [7, 11) is 3.87. The SMILES string of the molecule is C=C(C)C(=O)Oc1ccc(C)cc1C(=O)c1ccc(N(C)C)cc1. The van der Waals surface area contributed by atoms with Gasteiger partial charge in [0.1, 0.15) is 5.75 Å². The molecular formula is C20H21NO3. The van der Waals surface area contributed by atoms with E-state index in [4.69, 9.17) is 4.74 Å². The highest BCUT2D eigenvalue weighted by molar-refractivity contribution is 6.11. The summed E-state index contributed by atoms with van der Waals surface area (Å²) < 4.78 is 5.30. The van der Waals surface area contributed by atoms with Gasteiger partial charge in [0.15, 0.2) is 5.78 Å². The lowest BCUT2D eigenvalue weighted by molar-refractivity contribution is -0.130. The van der Waals surface area contributed by atoms with Crippen LogP contribution in [-0.4, -0.2) is 25.8 Å². The van der Waals surface area contributed by atoms with Crippen LogP contribution in [0.5, 0.6) is 5.75 Å². The first-order valence-corrected chi connectivity index (χ1v) is 7.60. The van der Waals surface area contributed by atoms with Gasteiger partial charge >= 0.3 is 5.97 Å². The predicted molar refractivity (Wildman–Crippen MR) is 95.8 cm³/mol. The zero-order chi connectivity index (χ0) is 17.9. The highest BCUT2D eigenvalue weighted by Gasteiger charge is 2.18. The van der Waals surface area contributed by atoms with Gasteiger partial charge in [0, 0.05) is 30.9 Å². The van der Waals surface area contributed by atoms with Crippen LogP contribution in [0.3, 0.4) is 0 Å². The second-order valence-electron chi connectivity index (χ2n) is 5.94. The number of ether oxygens (including phenoxy) is 1. The van der Waals surface area contributed by atoms with Gasteiger partial charge in [0.2, 0.25) is 0 Å². The Kier molecular flexibility index (Phi) is 5.19. The molecule has 0 aliphatic rings. The van der Waals surface area contributed by atoms with E-state index in [1.807, 2.05) is 38.1 Å². The molecule has 0 atom stereocenters. The van der Waals surface area contributed by atoms with Crippen LogP contribution in [-0.2, 0) is 4.79 Å². The number of ketones is 1. The average Bonchev–Trinajstić information content (AvgIpc) is 2.55. The molecule has 0 bridgehead atoms. The molecule has 2 rings (SSSR count). The number of anilines is 1. The summed E-state index contributed by atoms with van der Waals surface area (Å²) >= 11 is 0. The maximum atomic E-state index is 12.8. The maximum Gasteiger partial charge on any atom is 0.338 e. The minimum absolute atomic E-state index is 0.187. The monoisotopic (exact) mass is 323 g/mol. The van der Waals surface area contributed by atoms with E-state index >= 15 is 0 Å². The summed E-state index contributed by atoms with van der Waals surface area (Å²) in [6.45, 7) is 7.02. The van der Waals surface area contributed by atoms with Crippen molar-refractivity contribution in [1.29, 1.82) is 0 Å². The van der Waals surface area contributed by atoms with Crippen molar-refractivity contribution in [2.75, 3.05) is 19.0 Å². The molecule has 4 heteroatoms. The number of nitrogens with zero attached hydrogens (tertiary/aromatic N) is 1. The molecule has 0 saturated carbocycles. The van der Waals surface area contributed by atoms with E-state index in [2.05, 4.69) is 6.58 Å². The van der Waals surface area contributed by atoms with Gasteiger partial charge in [-0.25, -0.2) is 4.79 Å². The van der Waals surface area contributed by atoms with Gasteiger partial charge in [-0.3, -0.25) is 4.79 Å². The largest absolute Gasteiger partial charge is 0.422 e. The van der Waals surface area contributed by atoms with Gasteiger partial charge in [-0.1, -0.05) is 18.2 Å². The van der Waals surface area contributed by atoms with Crippen LogP contribution in [0, 0.1) is 6.92 Å². The smallest absolute Gasteiger partial charge is 0.338 e. The van der Waals surface area contributed by atoms with Gasteiger partial charge in [-0.05, 0) is 50.2 Å². The molecule has 0 aliphatic carbocycles. The Morgan fingerprint density at radius 2 is 1.67 bits per heavy atom. The van der Waals surface area contributed by atoms with Gasteiger partial charge in [0.05, 0.1) is 5.56 Å². The number of benzene rings is 2. The Morgan fingerprint density at radius 3 is 2.21 bits per heavy atom. The summed E-state index contributed by atoms with van der Waals surface area (Å²) in [5, 5.41) is 0.